The first kappa shape index (κ1) is 14.4. The second-order valence-electron chi connectivity index (χ2n) is 6.01. The SMILES string of the molecule is N#Cc1nccnc1N1CC2CN(c3ccc(Br)cn3)CC2C1. The van der Waals surface area contributed by atoms with Gasteiger partial charge in [-0.1, -0.05) is 0 Å². The summed E-state index contributed by atoms with van der Waals surface area (Å²) < 4.78 is 0.999. The lowest BCUT2D eigenvalue weighted by molar-refractivity contribution is 0.533. The Labute approximate surface area is 142 Å². The fourth-order valence-corrected chi connectivity index (χ4v) is 3.78. The quantitative estimate of drug-likeness (QED) is 0.805. The number of hydrogen-bond acceptors (Lipinski definition) is 6. The Morgan fingerprint density at radius 2 is 1.70 bits per heavy atom. The number of nitriles is 1. The number of nitrogens with zero attached hydrogens (tertiary/aromatic N) is 6. The van der Waals surface area contributed by atoms with E-state index < -0.39 is 0 Å². The van der Waals surface area contributed by atoms with Crippen LogP contribution in [-0.2, 0) is 0 Å². The van der Waals surface area contributed by atoms with E-state index in [-0.39, 0.29) is 0 Å². The van der Waals surface area contributed by atoms with Crippen molar-refractivity contribution in [2.45, 2.75) is 0 Å². The molecular weight excluding hydrogens is 356 g/mol. The molecule has 2 aromatic rings. The molecule has 4 heterocycles. The van der Waals surface area contributed by atoms with Gasteiger partial charge in [0.1, 0.15) is 11.9 Å². The fraction of sp³-hybridized carbons (Fsp3) is 0.375. The van der Waals surface area contributed by atoms with Gasteiger partial charge in [-0.15, -0.1) is 0 Å². The third-order valence-corrected chi connectivity index (χ3v) is 5.08. The first-order chi connectivity index (χ1) is 11.2. The standard InChI is InChI=1S/C16H15BrN6/c17-13-1-2-15(21-6-13)22-7-11-9-23(10-12(11)8-22)16-14(5-18)19-3-4-20-16/h1-4,6,11-12H,7-10H2. The number of rotatable bonds is 2. The molecular formula is C16H15BrN6. The first-order valence-corrected chi connectivity index (χ1v) is 8.36. The van der Waals surface area contributed by atoms with Gasteiger partial charge >= 0.3 is 0 Å². The minimum absolute atomic E-state index is 0.416. The molecule has 4 rings (SSSR count). The van der Waals surface area contributed by atoms with Crippen LogP contribution in [-0.4, -0.2) is 41.1 Å². The van der Waals surface area contributed by atoms with Crippen molar-refractivity contribution >= 4 is 27.6 Å². The van der Waals surface area contributed by atoms with E-state index in [0.717, 1.165) is 42.3 Å². The van der Waals surface area contributed by atoms with Crippen LogP contribution < -0.4 is 9.80 Å². The van der Waals surface area contributed by atoms with Crippen LogP contribution in [0.25, 0.3) is 0 Å². The average Bonchev–Trinajstić information content (AvgIpc) is 3.14. The van der Waals surface area contributed by atoms with Gasteiger partial charge in [0, 0.05) is 61.1 Å². The summed E-state index contributed by atoms with van der Waals surface area (Å²) in [7, 11) is 0. The second-order valence-corrected chi connectivity index (χ2v) is 6.92. The predicted molar refractivity (Wildman–Crippen MR) is 90.1 cm³/mol. The van der Waals surface area contributed by atoms with Crippen LogP contribution in [0.5, 0.6) is 0 Å². The number of anilines is 2. The highest BCUT2D eigenvalue weighted by Crippen LogP contribution is 2.35. The normalized spacial score (nSPS) is 23.0. The maximum absolute atomic E-state index is 9.20. The van der Waals surface area contributed by atoms with Gasteiger partial charge in [-0.2, -0.15) is 5.26 Å². The van der Waals surface area contributed by atoms with Crippen LogP contribution in [0.15, 0.2) is 35.2 Å². The molecule has 0 spiro atoms. The van der Waals surface area contributed by atoms with Gasteiger partial charge < -0.3 is 9.80 Å². The van der Waals surface area contributed by atoms with E-state index in [4.69, 9.17) is 0 Å². The Balaban J connectivity index is 1.48. The largest absolute Gasteiger partial charge is 0.356 e. The highest BCUT2D eigenvalue weighted by atomic mass is 79.9. The van der Waals surface area contributed by atoms with Crippen LogP contribution in [0, 0.1) is 23.2 Å². The summed E-state index contributed by atoms with van der Waals surface area (Å²) in [4.78, 5) is 17.5. The summed E-state index contributed by atoms with van der Waals surface area (Å²) in [5.41, 5.74) is 0.416. The highest BCUT2D eigenvalue weighted by Gasteiger charge is 2.41. The first-order valence-electron chi connectivity index (χ1n) is 7.57. The molecule has 6 nitrogen and oxygen atoms in total. The molecule has 0 saturated carbocycles. The highest BCUT2D eigenvalue weighted by molar-refractivity contribution is 9.10. The van der Waals surface area contributed by atoms with Crippen LogP contribution in [0.2, 0.25) is 0 Å². The van der Waals surface area contributed by atoms with E-state index >= 15 is 0 Å². The molecule has 2 atom stereocenters. The van der Waals surface area contributed by atoms with Gasteiger partial charge in [0.05, 0.1) is 0 Å². The van der Waals surface area contributed by atoms with Gasteiger partial charge in [-0.3, -0.25) is 0 Å². The minimum atomic E-state index is 0.416. The molecule has 7 heteroatoms. The predicted octanol–water partition coefficient (Wildman–Crippen LogP) is 2.08. The molecule has 0 aromatic carbocycles. The van der Waals surface area contributed by atoms with Gasteiger partial charge in [0.15, 0.2) is 11.5 Å². The second kappa shape index (κ2) is 5.78. The molecule has 0 aliphatic carbocycles. The van der Waals surface area contributed by atoms with Gasteiger partial charge in [0.25, 0.3) is 0 Å². The minimum Gasteiger partial charge on any atom is -0.356 e. The molecule has 2 saturated heterocycles. The zero-order valence-electron chi connectivity index (χ0n) is 12.4. The lowest BCUT2D eigenvalue weighted by Gasteiger charge is -2.23. The van der Waals surface area contributed by atoms with Crippen molar-refractivity contribution < 1.29 is 0 Å². The molecule has 2 fully saturated rings. The summed E-state index contributed by atoms with van der Waals surface area (Å²) in [6.45, 7) is 3.84. The summed E-state index contributed by atoms with van der Waals surface area (Å²) >= 11 is 3.42. The van der Waals surface area contributed by atoms with E-state index in [1.807, 2.05) is 12.3 Å². The van der Waals surface area contributed by atoms with E-state index in [1.165, 1.54) is 0 Å². The Bertz CT molecular complexity index is 742. The third kappa shape index (κ3) is 2.63. The zero-order chi connectivity index (χ0) is 15.8. The van der Waals surface area contributed by atoms with E-state index in [0.29, 0.717) is 17.5 Å². The molecule has 2 unspecified atom stereocenters. The van der Waals surface area contributed by atoms with Crippen molar-refractivity contribution in [3.8, 4) is 6.07 Å². The van der Waals surface area contributed by atoms with Crippen molar-refractivity contribution in [2.75, 3.05) is 36.0 Å². The Morgan fingerprint density at radius 1 is 1.00 bits per heavy atom. The molecule has 116 valence electrons. The lowest BCUT2D eigenvalue weighted by Crippen LogP contribution is -2.30. The molecule has 2 aromatic heterocycles. The summed E-state index contributed by atoms with van der Waals surface area (Å²) in [5, 5.41) is 9.20. The van der Waals surface area contributed by atoms with E-state index in [2.05, 4.69) is 52.8 Å². The zero-order valence-corrected chi connectivity index (χ0v) is 14.0. The molecule has 0 N–H and O–H groups in total. The Hall–Kier alpha value is -2.20. The number of pyridine rings is 1. The molecule has 0 bridgehead atoms. The third-order valence-electron chi connectivity index (χ3n) is 4.61. The number of aromatic nitrogens is 3. The Morgan fingerprint density at radius 3 is 2.35 bits per heavy atom. The van der Waals surface area contributed by atoms with Crippen molar-refractivity contribution in [3.05, 3.63) is 40.9 Å². The lowest BCUT2D eigenvalue weighted by atomic mass is 10.0. The molecule has 0 amide bonds. The van der Waals surface area contributed by atoms with Crippen molar-refractivity contribution in [1.82, 2.24) is 15.0 Å². The summed E-state index contributed by atoms with van der Waals surface area (Å²) in [6, 6.07) is 6.22. The van der Waals surface area contributed by atoms with Crippen molar-refractivity contribution in [2.24, 2.45) is 11.8 Å². The molecule has 2 aliphatic rings. The smallest absolute Gasteiger partial charge is 0.183 e. The van der Waals surface area contributed by atoms with Gasteiger partial charge in [0.2, 0.25) is 0 Å². The molecule has 0 radical (unpaired) electrons. The van der Waals surface area contributed by atoms with Crippen molar-refractivity contribution in [1.29, 1.82) is 5.26 Å². The van der Waals surface area contributed by atoms with E-state index in [1.54, 1.807) is 12.4 Å². The Kier molecular flexibility index (Phi) is 3.62. The fourth-order valence-electron chi connectivity index (χ4n) is 3.55. The summed E-state index contributed by atoms with van der Waals surface area (Å²) in [6.07, 6.45) is 5.07. The average molecular weight is 371 g/mol. The topological polar surface area (TPSA) is 68.9 Å². The van der Waals surface area contributed by atoms with Gasteiger partial charge in [-0.25, -0.2) is 15.0 Å². The summed E-state index contributed by atoms with van der Waals surface area (Å²) in [5.74, 6) is 2.91. The van der Waals surface area contributed by atoms with Crippen LogP contribution in [0.1, 0.15) is 5.69 Å². The van der Waals surface area contributed by atoms with Crippen molar-refractivity contribution in [3.63, 3.8) is 0 Å². The van der Waals surface area contributed by atoms with Crippen LogP contribution >= 0.6 is 15.9 Å². The number of hydrogen-bond donors (Lipinski definition) is 0. The van der Waals surface area contributed by atoms with Gasteiger partial charge in [-0.05, 0) is 28.1 Å². The molecule has 23 heavy (non-hydrogen) atoms. The van der Waals surface area contributed by atoms with E-state index in [9.17, 15) is 5.26 Å². The van der Waals surface area contributed by atoms with Crippen LogP contribution in [0.3, 0.4) is 0 Å². The molecule has 2 aliphatic heterocycles. The maximum Gasteiger partial charge on any atom is 0.183 e. The monoisotopic (exact) mass is 370 g/mol. The van der Waals surface area contributed by atoms with Crippen LogP contribution in [0.4, 0.5) is 11.6 Å². The number of halogens is 1. The maximum atomic E-state index is 9.20. The number of fused-ring (bicyclic) bond motifs is 1.